The maximum Gasteiger partial charge on any atom is 0.227 e. The Labute approximate surface area is 128 Å². The van der Waals surface area contributed by atoms with Gasteiger partial charge in [0.15, 0.2) is 0 Å². The second kappa shape index (κ2) is 6.86. The summed E-state index contributed by atoms with van der Waals surface area (Å²) in [5.41, 5.74) is 1.81. The van der Waals surface area contributed by atoms with Gasteiger partial charge in [-0.3, -0.25) is 4.79 Å². The van der Waals surface area contributed by atoms with Gasteiger partial charge in [-0.1, -0.05) is 36.7 Å². The van der Waals surface area contributed by atoms with Gasteiger partial charge in [-0.25, -0.2) is 4.98 Å². The van der Waals surface area contributed by atoms with Crippen molar-refractivity contribution in [2.45, 2.75) is 26.3 Å². The lowest BCUT2D eigenvalue weighted by Gasteiger charge is -2.16. The van der Waals surface area contributed by atoms with Crippen molar-refractivity contribution in [1.82, 2.24) is 9.88 Å². The summed E-state index contributed by atoms with van der Waals surface area (Å²) in [5.74, 6) is 0.0455. The molecule has 0 aliphatic heterocycles. The van der Waals surface area contributed by atoms with Crippen molar-refractivity contribution in [3.05, 3.63) is 50.9 Å². The molecule has 0 unspecified atom stereocenters. The van der Waals surface area contributed by atoms with Crippen LogP contribution in [0.3, 0.4) is 0 Å². The van der Waals surface area contributed by atoms with Crippen molar-refractivity contribution < 1.29 is 4.79 Å². The molecule has 0 aliphatic carbocycles. The van der Waals surface area contributed by atoms with Crippen molar-refractivity contribution in [1.29, 1.82) is 0 Å². The maximum absolute atomic E-state index is 12.2. The topological polar surface area (TPSA) is 33.2 Å². The number of hydrogen-bond donors (Lipinski definition) is 0. The van der Waals surface area contributed by atoms with Crippen LogP contribution in [-0.4, -0.2) is 22.8 Å². The Kier molecular flexibility index (Phi) is 5.15. The van der Waals surface area contributed by atoms with Gasteiger partial charge in [0.25, 0.3) is 0 Å². The van der Waals surface area contributed by atoms with Gasteiger partial charge in [0.2, 0.25) is 5.91 Å². The minimum atomic E-state index is 0.0455. The molecule has 0 aliphatic rings. The highest BCUT2D eigenvalue weighted by Gasteiger charge is 2.13. The van der Waals surface area contributed by atoms with Gasteiger partial charge in [-0.15, -0.1) is 11.3 Å². The second-order valence-corrected chi connectivity index (χ2v) is 5.95. The summed E-state index contributed by atoms with van der Waals surface area (Å²) in [4.78, 5) is 18.4. The molecule has 5 heteroatoms. The molecule has 0 spiro atoms. The SMILES string of the molecule is CCc1nc(CN(C)C(=O)Cc2ccccc2Cl)cs1. The van der Waals surface area contributed by atoms with E-state index in [2.05, 4.69) is 11.9 Å². The predicted octanol–water partition coefficient (Wildman–Crippen LogP) is 3.56. The molecule has 0 atom stereocenters. The summed E-state index contributed by atoms with van der Waals surface area (Å²) >= 11 is 7.71. The summed E-state index contributed by atoms with van der Waals surface area (Å²) in [7, 11) is 1.80. The lowest BCUT2D eigenvalue weighted by molar-refractivity contribution is -0.129. The summed E-state index contributed by atoms with van der Waals surface area (Å²) in [6.07, 6.45) is 1.25. The van der Waals surface area contributed by atoms with E-state index in [1.165, 1.54) is 0 Å². The molecule has 1 heterocycles. The van der Waals surface area contributed by atoms with E-state index in [4.69, 9.17) is 11.6 Å². The van der Waals surface area contributed by atoms with Crippen LogP contribution in [-0.2, 0) is 24.2 Å². The van der Waals surface area contributed by atoms with Crippen LogP contribution >= 0.6 is 22.9 Å². The molecular formula is C15H17ClN2OS. The van der Waals surface area contributed by atoms with Crippen molar-refractivity contribution in [2.75, 3.05) is 7.05 Å². The van der Waals surface area contributed by atoms with Gasteiger partial charge >= 0.3 is 0 Å². The number of rotatable bonds is 5. The molecule has 0 bridgehead atoms. The Morgan fingerprint density at radius 2 is 2.15 bits per heavy atom. The molecule has 3 nitrogen and oxygen atoms in total. The van der Waals surface area contributed by atoms with Gasteiger partial charge in [0, 0.05) is 17.5 Å². The van der Waals surface area contributed by atoms with Crippen LogP contribution < -0.4 is 0 Å². The molecular weight excluding hydrogens is 292 g/mol. The number of carbonyl (C=O) groups is 1. The fourth-order valence-electron chi connectivity index (χ4n) is 1.85. The molecule has 1 aromatic heterocycles. The first-order valence-corrected chi connectivity index (χ1v) is 7.76. The van der Waals surface area contributed by atoms with E-state index in [1.54, 1.807) is 29.4 Å². The number of amides is 1. The average Bonchev–Trinajstić information content (AvgIpc) is 2.89. The van der Waals surface area contributed by atoms with Crippen LogP contribution in [0.4, 0.5) is 0 Å². The van der Waals surface area contributed by atoms with Gasteiger partial charge in [0.05, 0.1) is 23.7 Å². The van der Waals surface area contributed by atoms with E-state index in [9.17, 15) is 4.79 Å². The monoisotopic (exact) mass is 308 g/mol. The summed E-state index contributed by atoms with van der Waals surface area (Å²) in [6, 6.07) is 7.44. The van der Waals surface area contributed by atoms with Gasteiger partial charge in [0.1, 0.15) is 0 Å². The number of likely N-dealkylation sites (N-methyl/N-ethyl adjacent to an activating group) is 1. The summed E-state index contributed by atoms with van der Waals surface area (Å²) in [5, 5.41) is 3.75. The lowest BCUT2D eigenvalue weighted by Crippen LogP contribution is -2.27. The third-order valence-electron chi connectivity index (χ3n) is 3.03. The number of halogens is 1. The third-order valence-corrected chi connectivity index (χ3v) is 4.44. The smallest absolute Gasteiger partial charge is 0.227 e. The van der Waals surface area contributed by atoms with E-state index < -0.39 is 0 Å². The molecule has 0 N–H and O–H groups in total. The first-order valence-electron chi connectivity index (χ1n) is 6.50. The number of aromatic nitrogens is 1. The Balaban J connectivity index is 1.97. The lowest BCUT2D eigenvalue weighted by atomic mass is 10.1. The second-order valence-electron chi connectivity index (χ2n) is 4.60. The van der Waals surface area contributed by atoms with Crippen molar-refractivity contribution in [3.63, 3.8) is 0 Å². The molecule has 0 fully saturated rings. The highest BCUT2D eigenvalue weighted by molar-refractivity contribution is 7.09. The first kappa shape index (κ1) is 15.0. The molecule has 0 saturated carbocycles. The van der Waals surface area contributed by atoms with E-state index in [0.29, 0.717) is 18.0 Å². The third kappa shape index (κ3) is 3.81. The Hall–Kier alpha value is -1.39. The first-order chi connectivity index (χ1) is 9.60. The van der Waals surface area contributed by atoms with Crippen LogP contribution in [0.25, 0.3) is 0 Å². The fraction of sp³-hybridized carbons (Fsp3) is 0.333. The fourth-order valence-corrected chi connectivity index (χ4v) is 2.79. The molecule has 0 saturated heterocycles. The Morgan fingerprint density at radius 1 is 1.40 bits per heavy atom. The largest absolute Gasteiger partial charge is 0.340 e. The molecule has 106 valence electrons. The average molecular weight is 309 g/mol. The number of benzene rings is 1. The number of hydrogen-bond acceptors (Lipinski definition) is 3. The van der Waals surface area contributed by atoms with Crippen LogP contribution in [0.5, 0.6) is 0 Å². The molecule has 20 heavy (non-hydrogen) atoms. The molecule has 1 amide bonds. The number of thiazole rings is 1. The standard InChI is InChI=1S/C15H17ClN2OS/c1-3-14-17-12(10-20-14)9-18(2)15(19)8-11-6-4-5-7-13(11)16/h4-7,10H,3,8-9H2,1-2H3. The van der Waals surface area contributed by atoms with Gasteiger partial charge in [-0.2, -0.15) is 0 Å². The van der Waals surface area contributed by atoms with Crippen LogP contribution in [0, 0.1) is 0 Å². The van der Waals surface area contributed by atoms with Gasteiger partial charge < -0.3 is 4.90 Å². The number of carbonyl (C=O) groups excluding carboxylic acids is 1. The molecule has 1 aromatic carbocycles. The maximum atomic E-state index is 12.2. The van der Waals surface area contributed by atoms with E-state index in [-0.39, 0.29) is 5.91 Å². The summed E-state index contributed by atoms with van der Waals surface area (Å²) in [6.45, 7) is 2.62. The van der Waals surface area contributed by atoms with Crippen LogP contribution in [0.2, 0.25) is 5.02 Å². The van der Waals surface area contributed by atoms with Crippen LogP contribution in [0.1, 0.15) is 23.2 Å². The number of aryl methyl sites for hydroxylation is 1. The highest BCUT2D eigenvalue weighted by atomic mass is 35.5. The van der Waals surface area contributed by atoms with E-state index in [1.807, 2.05) is 23.6 Å². The number of nitrogens with zero attached hydrogens (tertiary/aromatic N) is 2. The molecule has 2 aromatic rings. The quantitative estimate of drug-likeness (QED) is 0.846. The van der Waals surface area contributed by atoms with Crippen molar-refractivity contribution >= 4 is 28.8 Å². The minimum absolute atomic E-state index is 0.0455. The van der Waals surface area contributed by atoms with Crippen LogP contribution in [0.15, 0.2) is 29.6 Å². The molecule has 0 radical (unpaired) electrons. The Bertz CT molecular complexity index is 597. The highest BCUT2D eigenvalue weighted by Crippen LogP contribution is 2.17. The summed E-state index contributed by atoms with van der Waals surface area (Å²) < 4.78 is 0. The zero-order valence-electron chi connectivity index (χ0n) is 11.6. The van der Waals surface area contributed by atoms with E-state index in [0.717, 1.165) is 22.7 Å². The zero-order chi connectivity index (χ0) is 14.5. The molecule has 2 rings (SSSR count). The van der Waals surface area contributed by atoms with Gasteiger partial charge in [-0.05, 0) is 18.1 Å². The minimum Gasteiger partial charge on any atom is -0.340 e. The van der Waals surface area contributed by atoms with E-state index >= 15 is 0 Å². The van der Waals surface area contributed by atoms with Crippen molar-refractivity contribution in [2.24, 2.45) is 0 Å². The predicted molar refractivity (Wildman–Crippen MR) is 83.1 cm³/mol. The normalized spacial score (nSPS) is 10.6. The van der Waals surface area contributed by atoms with Crippen molar-refractivity contribution in [3.8, 4) is 0 Å². The Morgan fingerprint density at radius 3 is 2.80 bits per heavy atom. The zero-order valence-corrected chi connectivity index (χ0v) is 13.2.